The summed E-state index contributed by atoms with van der Waals surface area (Å²) in [5.41, 5.74) is 3.50. The van der Waals surface area contributed by atoms with Crippen LogP contribution < -0.4 is 10.6 Å². The minimum Gasteiger partial charge on any atom is -0.381 e. The maximum Gasteiger partial charge on any atom is 0.227 e. The van der Waals surface area contributed by atoms with Crippen molar-refractivity contribution in [2.45, 2.75) is 45.1 Å². The first kappa shape index (κ1) is 27.9. The Balaban J connectivity index is 1.02. The molecule has 2 saturated heterocycles. The Morgan fingerprint density at radius 2 is 1.62 bits per heavy atom. The Morgan fingerprint density at radius 1 is 0.881 bits per heavy atom. The summed E-state index contributed by atoms with van der Waals surface area (Å²) < 4.78 is 5.50. The van der Waals surface area contributed by atoms with Gasteiger partial charge in [0, 0.05) is 55.4 Å². The summed E-state index contributed by atoms with van der Waals surface area (Å²) in [6, 6.07) is 17.9. The number of amides is 1. The van der Waals surface area contributed by atoms with E-state index in [1.165, 1.54) is 0 Å². The number of anilines is 3. The Kier molecular flexibility index (Phi) is 8.72. The summed E-state index contributed by atoms with van der Waals surface area (Å²) in [7, 11) is 0. The highest BCUT2D eigenvalue weighted by Crippen LogP contribution is 2.25. The number of aryl methyl sites for hydroxylation is 1. The fourth-order valence-electron chi connectivity index (χ4n) is 5.61. The van der Waals surface area contributed by atoms with E-state index < -0.39 is 0 Å². The molecule has 0 unspecified atom stereocenters. The number of aromatic nitrogens is 5. The highest BCUT2D eigenvalue weighted by molar-refractivity contribution is 5.92. The molecule has 0 radical (unpaired) electrons. The number of rotatable bonds is 8. The molecule has 2 aliphatic heterocycles. The van der Waals surface area contributed by atoms with Crippen LogP contribution in [0.1, 0.15) is 42.8 Å². The lowest BCUT2D eigenvalue weighted by molar-refractivity contribution is -0.121. The molecule has 0 spiro atoms. The number of piperidine rings is 1. The van der Waals surface area contributed by atoms with E-state index in [0.29, 0.717) is 35.7 Å². The second-order valence-electron chi connectivity index (χ2n) is 10.9. The van der Waals surface area contributed by atoms with Gasteiger partial charge in [0.15, 0.2) is 5.82 Å². The number of pyridine rings is 1. The molecule has 1 aromatic carbocycles. The van der Waals surface area contributed by atoms with E-state index in [9.17, 15) is 4.79 Å². The van der Waals surface area contributed by atoms with Crippen molar-refractivity contribution >= 4 is 23.2 Å². The molecule has 6 rings (SSSR count). The lowest BCUT2D eigenvalue weighted by atomic mass is 9.93. The minimum absolute atomic E-state index is 0.0587. The van der Waals surface area contributed by atoms with E-state index in [4.69, 9.17) is 4.74 Å². The molecule has 0 aliphatic carbocycles. The molecule has 3 aromatic heterocycles. The highest BCUT2D eigenvalue weighted by atomic mass is 16.5. The van der Waals surface area contributed by atoms with Crippen LogP contribution in [-0.4, -0.2) is 68.1 Å². The quantitative estimate of drug-likeness (QED) is 0.311. The SMILES string of the molecule is Cc1cccc(-c2nccc(Nc3ccnc(Cc4ccc(NC(=O)C5CCN(C6CCOCC6)CC5)cc4)n3)n2)n1. The molecule has 4 aromatic rings. The third-order valence-corrected chi connectivity index (χ3v) is 7.93. The van der Waals surface area contributed by atoms with E-state index in [2.05, 4.69) is 40.5 Å². The molecule has 10 heteroatoms. The van der Waals surface area contributed by atoms with E-state index in [0.717, 1.165) is 74.6 Å². The molecule has 1 amide bonds. The van der Waals surface area contributed by atoms with E-state index in [-0.39, 0.29) is 11.8 Å². The van der Waals surface area contributed by atoms with Gasteiger partial charge in [-0.15, -0.1) is 0 Å². The van der Waals surface area contributed by atoms with Gasteiger partial charge in [-0.05, 0) is 87.7 Å². The molecule has 2 fully saturated rings. The summed E-state index contributed by atoms with van der Waals surface area (Å²) in [6.45, 7) is 5.62. The second-order valence-corrected chi connectivity index (χ2v) is 10.9. The number of hydrogen-bond donors (Lipinski definition) is 2. The van der Waals surface area contributed by atoms with Crippen LogP contribution in [0.2, 0.25) is 0 Å². The van der Waals surface area contributed by atoms with Gasteiger partial charge in [0.1, 0.15) is 23.2 Å². The molecule has 2 aliphatic rings. The molecular weight excluding hydrogens is 528 g/mol. The van der Waals surface area contributed by atoms with Crippen LogP contribution in [0.15, 0.2) is 67.0 Å². The lowest BCUT2D eigenvalue weighted by Crippen LogP contribution is -2.45. The Morgan fingerprint density at radius 3 is 2.38 bits per heavy atom. The van der Waals surface area contributed by atoms with Crippen molar-refractivity contribution in [2.24, 2.45) is 5.92 Å². The summed E-state index contributed by atoms with van der Waals surface area (Å²) in [5.74, 6) is 2.68. The number of nitrogens with one attached hydrogen (secondary N) is 2. The summed E-state index contributed by atoms with van der Waals surface area (Å²) in [5, 5.41) is 6.37. The molecule has 5 heterocycles. The van der Waals surface area contributed by atoms with Gasteiger partial charge < -0.3 is 20.3 Å². The first-order valence-electron chi connectivity index (χ1n) is 14.7. The third-order valence-electron chi connectivity index (χ3n) is 7.93. The van der Waals surface area contributed by atoms with Crippen molar-refractivity contribution in [2.75, 3.05) is 36.9 Å². The molecule has 42 heavy (non-hydrogen) atoms. The summed E-state index contributed by atoms with van der Waals surface area (Å²) in [6.07, 6.45) is 8.01. The van der Waals surface area contributed by atoms with Crippen LogP contribution >= 0.6 is 0 Å². The van der Waals surface area contributed by atoms with Crippen LogP contribution in [0.5, 0.6) is 0 Å². The van der Waals surface area contributed by atoms with Crippen molar-refractivity contribution in [3.63, 3.8) is 0 Å². The zero-order valence-electron chi connectivity index (χ0n) is 23.9. The largest absolute Gasteiger partial charge is 0.381 e. The molecule has 0 bridgehead atoms. The Hall–Kier alpha value is -4.28. The van der Waals surface area contributed by atoms with Crippen molar-refractivity contribution < 1.29 is 9.53 Å². The minimum atomic E-state index is 0.0587. The molecule has 0 saturated carbocycles. The average molecular weight is 565 g/mol. The van der Waals surface area contributed by atoms with Crippen molar-refractivity contribution in [1.29, 1.82) is 0 Å². The number of benzene rings is 1. The predicted molar refractivity (Wildman–Crippen MR) is 161 cm³/mol. The normalized spacial score (nSPS) is 16.7. The van der Waals surface area contributed by atoms with Crippen molar-refractivity contribution in [3.8, 4) is 11.5 Å². The zero-order chi connectivity index (χ0) is 28.7. The lowest BCUT2D eigenvalue weighted by Gasteiger charge is -2.38. The monoisotopic (exact) mass is 564 g/mol. The zero-order valence-corrected chi connectivity index (χ0v) is 23.9. The topological polar surface area (TPSA) is 118 Å². The van der Waals surface area contributed by atoms with Gasteiger partial charge in [-0.25, -0.2) is 24.9 Å². The highest BCUT2D eigenvalue weighted by Gasteiger charge is 2.29. The molecule has 10 nitrogen and oxygen atoms in total. The van der Waals surface area contributed by atoms with E-state index in [1.807, 2.05) is 55.5 Å². The number of nitrogens with zero attached hydrogens (tertiary/aromatic N) is 6. The first-order chi connectivity index (χ1) is 20.6. The second kappa shape index (κ2) is 13.1. The van der Waals surface area contributed by atoms with Gasteiger partial charge in [-0.1, -0.05) is 18.2 Å². The van der Waals surface area contributed by atoms with Gasteiger partial charge in [0.2, 0.25) is 5.91 Å². The van der Waals surface area contributed by atoms with Crippen LogP contribution in [0.3, 0.4) is 0 Å². The maximum absolute atomic E-state index is 12.9. The van der Waals surface area contributed by atoms with Gasteiger partial charge in [-0.3, -0.25) is 4.79 Å². The molecule has 216 valence electrons. The number of carbonyl (C=O) groups excluding carboxylic acids is 1. The molecule has 2 N–H and O–H groups in total. The van der Waals surface area contributed by atoms with Gasteiger partial charge in [-0.2, -0.15) is 0 Å². The predicted octanol–water partition coefficient (Wildman–Crippen LogP) is 4.80. The standard InChI is InChI=1S/C32H36N8O2/c1-22-3-2-4-27(35-22)31-34-16-10-29(39-31)37-28-9-15-33-30(38-28)21-23-5-7-25(8-6-23)36-32(41)24-11-17-40(18-12-24)26-13-19-42-20-14-26/h2-10,15-16,24,26H,11-14,17-21H2,1H3,(H,36,41)(H,33,34,37,38,39). The average Bonchev–Trinajstić information content (AvgIpc) is 3.03. The van der Waals surface area contributed by atoms with E-state index in [1.54, 1.807) is 18.5 Å². The summed E-state index contributed by atoms with van der Waals surface area (Å²) >= 11 is 0. The molecular formula is C32H36N8O2. The Labute approximate surface area is 246 Å². The van der Waals surface area contributed by atoms with Crippen LogP contribution in [-0.2, 0) is 16.0 Å². The number of ether oxygens (including phenoxy) is 1. The number of likely N-dealkylation sites (tertiary alicyclic amines) is 1. The fourth-order valence-corrected chi connectivity index (χ4v) is 5.61. The Bertz CT molecular complexity index is 1500. The third kappa shape index (κ3) is 7.13. The van der Waals surface area contributed by atoms with Crippen molar-refractivity contribution in [3.05, 3.63) is 84.1 Å². The van der Waals surface area contributed by atoms with Gasteiger partial charge in [0.25, 0.3) is 0 Å². The van der Waals surface area contributed by atoms with Crippen molar-refractivity contribution in [1.82, 2.24) is 29.8 Å². The number of carbonyl (C=O) groups is 1. The van der Waals surface area contributed by atoms with E-state index >= 15 is 0 Å². The molecule has 0 atom stereocenters. The number of hydrogen-bond acceptors (Lipinski definition) is 9. The summed E-state index contributed by atoms with van der Waals surface area (Å²) in [4.78, 5) is 38.1. The first-order valence-corrected chi connectivity index (χ1v) is 14.7. The maximum atomic E-state index is 12.9. The van der Waals surface area contributed by atoms with Crippen LogP contribution in [0.4, 0.5) is 17.3 Å². The van der Waals surface area contributed by atoms with Gasteiger partial charge in [0.05, 0.1) is 0 Å². The van der Waals surface area contributed by atoms with Gasteiger partial charge >= 0.3 is 0 Å². The van der Waals surface area contributed by atoms with Crippen LogP contribution in [0, 0.1) is 12.8 Å². The van der Waals surface area contributed by atoms with Crippen LogP contribution in [0.25, 0.3) is 11.5 Å². The fraction of sp³-hybridized carbons (Fsp3) is 0.375. The smallest absolute Gasteiger partial charge is 0.227 e.